The first kappa shape index (κ1) is 56.8. The van der Waals surface area contributed by atoms with Gasteiger partial charge in [0.25, 0.3) is 17.6 Å². The van der Waals surface area contributed by atoms with Crippen LogP contribution in [0.3, 0.4) is 0 Å². The Labute approximate surface area is 439 Å². The summed E-state index contributed by atoms with van der Waals surface area (Å²) in [5, 5.41) is 46.6. The number of aryl methyl sites for hydroxylation is 2. The van der Waals surface area contributed by atoms with Gasteiger partial charge in [-0.1, -0.05) is 20.6 Å². The SMILES string of the molecule is Cc1nc2n(c(=O)c1CCCl)CCC/C2=N/O.Cc1nc2n(c(=O)c1CCN1CCC(c3noc4cc(F)ccc34)CC1)CCC/C2=N/O.Cl.Fc1ccc2c(C3CCNCC3)noc2c1.O=CO[O-].[Na+]. The van der Waals surface area contributed by atoms with Crippen molar-refractivity contribution in [3.8, 4) is 0 Å². The Kier molecular flexibility index (Phi) is 21.6. The second kappa shape index (κ2) is 27.1. The monoisotopic (exact) mass is 1030 g/mol. The van der Waals surface area contributed by atoms with E-state index in [1.807, 2.05) is 6.92 Å². The molecule has 8 heterocycles. The zero-order chi connectivity index (χ0) is 49.0. The molecule has 3 N–H and O–H groups in total. The summed E-state index contributed by atoms with van der Waals surface area (Å²) in [6.07, 6.45) is 8.02. The predicted octanol–water partition coefficient (Wildman–Crippen LogP) is 2.83. The molecule has 4 aromatic heterocycles. The van der Waals surface area contributed by atoms with Gasteiger partial charge in [-0.2, -0.15) is 0 Å². The molecule has 0 spiro atoms. The fourth-order valence-electron chi connectivity index (χ4n) is 9.39. The third kappa shape index (κ3) is 13.5. The van der Waals surface area contributed by atoms with Gasteiger partial charge >= 0.3 is 29.6 Å². The maximum absolute atomic E-state index is 13.4. The molecule has 0 saturated carbocycles. The minimum atomic E-state index is -0.322. The summed E-state index contributed by atoms with van der Waals surface area (Å²) in [4.78, 5) is 47.8. The molecular formula is C47H55Cl2F2N10NaO9. The molecule has 19 nitrogen and oxygen atoms in total. The number of hydrogen-bond donors (Lipinski definition) is 3. The Bertz CT molecular complexity index is 2930. The molecule has 376 valence electrons. The van der Waals surface area contributed by atoms with Crippen molar-refractivity contribution in [1.82, 2.24) is 39.6 Å². The molecule has 2 fully saturated rings. The average Bonchev–Trinajstić information content (AvgIpc) is 4.00. The molecule has 0 amide bonds. The summed E-state index contributed by atoms with van der Waals surface area (Å²) < 4.78 is 40.1. The van der Waals surface area contributed by atoms with Gasteiger partial charge in [0.15, 0.2) is 22.8 Å². The van der Waals surface area contributed by atoms with Crippen LogP contribution in [0.2, 0.25) is 0 Å². The molecule has 71 heavy (non-hydrogen) atoms. The van der Waals surface area contributed by atoms with Gasteiger partial charge in [0.1, 0.15) is 23.1 Å². The normalized spacial score (nSPS) is 17.0. The zero-order valence-electron chi connectivity index (χ0n) is 39.7. The van der Waals surface area contributed by atoms with Crippen molar-refractivity contribution in [2.24, 2.45) is 10.3 Å². The van der Waals surface area contributed by atoms with Crippen molar-refractivity contribution in [3.63, 3.8) is 0 Å². The Hall–Kier alpha value is -5.13. The number of fused-ring (bicyclic) bond motifs is 4. The van der Waals surface area contributed by atoms with E-state index in [4.69, 9.17) is 35.9 Å². The molecule has 4 aliphatic rings. The van der Waals surface area contributed by atoms with E-state index in [-0.39, 0.29) is 77.1 Å². The minimum absolute atomic E-state index is 0. The number of nitrogens with one attached hydrogen (secondary N) is 1. The number of hydrogen-bond acceptors (Lipinski definition) is 17. The Balaban J connectivity index is 0.000000204. The van der Waals surface area contributed by atoms with Gasteiger partial charge in [0.2, 0.25) is 0 Å². The topological polar surface area (TPSA) is 252 Å². The molecule has 2 saturated heterocycles. The second-order valence-electron chi connectivity index (χ2n) is 17.2. The van der Waals surface area contributed by atoms with Gasteiger partial charge in [-0.05, 0) is 129 Å². The molecule has 0 aliphatic carbocycles. The number of piperidine rings is 2. The van der Waals surface area contributed by atoms with Gasteiger partial charge in [-0.15, -0.1) is 24.0 Å². The zero-order valence-corrected chi connectivity index (χ0v) is 43.3. The van der Waals surface area contributed by atoms with Crippen molar-refractivity contribution >= 4 is 63.8 Å². The van der Waals surface area contributed by atoms with Crippen LogP contribution in [0.5, 0.6) is 0 Å². The van der Waals surface area contributed by atoms with Gasteiger partial charge in [-0.3, -0.25) is 23.5 Å². The predicted molar refractivity (Wildman–Crippen MR) is 255 cm³/mol. The first-order valence-corrected chi connectivity index (χ1v) is 23.5. The maximum Gasteiger partial charge on any atom is 1.00 e. The molecule has 6 aromatic rings. The van der Waals surface area contributed by atoms with Gasteiger partial charge < -0.3 is 39.8 Å². The number of benzene rings is 2. The number of likely N-dealkylation sites (tertiary alicyclic amines) is 1. The molecule has 0 atom stereocenters. The van der Waals surface area contributed by atoms with E-state index in [0.717, 1.165) is 99.0 Å². The van der Waals surface area contributed by atoms with Crippen molar-refractivity contribution in [3.05, 3.63) is 114 Å². The Morgan fingerprint density at radius 1 is 0.789 bits per heavy atom. The van der Waals surface area contributed by atoms with Crippen molar-refractivity contribution in [2.75, 3.05) is 38.6 Å². The summed E-state index contributed by atoms with van der Waals surface area (Å²) in [7, 11) is 0. The smallest absolute Gasteiger partial charge is 0.662 e. The number of rotatable bonds is 8. The quantitative estimate of drug-likeness (QED) is 0.0495. The molecule has 4 aliphatic heterocycles. The number of halogens is 4. The van der Waals surface area contributed by atoms with E-state index in [1.165, 1.54) is 24.3 Å². The maximum atomic E-state index is 13.4. The van der Waals surface area contributed by atoms with E-state index < -0.39 is 0 Å². The van der Waals surface area contributed by atoms with Crippen molar-refractivity contribution in [2.45, 2.75) is 103 Å². The van der Waals surface area contributed by atoms with Crippen LogP contribution in [0.25, 0.3) is 21.9 Å². The van der Waals surface area contributed by atoms with Gasteiger partial charge in [0, 0.05) is 82.8 Å². The van der Waals surface area contributed by atoms with Gasteiger partial charge in [-0.25, -0.2) is 18.7 Å². The molecule has 0 unspecified atom stereocenters. The first-order chi connectivity index (χ1) is 33.5. The van der Waals surface area contributed by atoms with E-state index in [0.29, 0.717) is 102 Å². The van der Waals surface area contributed by atoms with E-state index in [9.17, 15) is 23.6 Å². The number of aromatic nitrogens is 6. The van der Waals surface area contributed by atoms with E-state index in [1.54, 1.807) is 28.2 Å². The summed E-state index contributed by atoms with van der Waals surface area (Å²) in [6, 6.07) is 9.19. The largest absolute Gasteiger partial charge is 1.00 e. The molecule has 0 radical (unpaired) electrons. The standard InChI is InChI=1S/C23H26FN5O3.C12H13FN2O.C11H14ClN3O2.CH2O3.ClH.Na/c1-14-17(23(30)29-9-2-3-19(26-31)22(29)25-14)8-12-28-10-6-15(7-11-28)21-18-5-4-16(24)13-20(18)32-27-21;13-9-1-2-10-11(7-9)16-15-12(10)8-3-5-14-6-4-8;1-7-8(4-5-12)11(16)15-6-2-3-9(14-17)10(15)13-7;2-1-4-3;;/h4-5,13,15,31H,2-3,6-12H2,1H3;1-2,7-8,14H,3-6H2;17H,2-6H2,1H3;1,3H;1H;/q;;;;;+1/p-1/b26-19-;;14-9-;;;. The van der Waals surface area contributed by atoms with Crippen LogP contribution < -0.4 is 51.2 Å². The molecular weight excluding hydrogens is 980 g/mol. The minimum Gasteiger partial charge on any atom is -0.662 e. The van der Waals surface area contributed by atoms with Crippen LogP contribution >= 0.6 is 24.0 Å². The van der Waals surface area contributed by atoms with Crippen molar-refractivity contribution in [1.29, 1.82) is 0 Å². The number of oxime groups is 2. The fourth-order valence-corrected chi connectivity index (χ4v) is 9.58. The summed E-state index contributed by atoms with van der Waals surface area (Å²) >= 11 is 5.68. The van der Waals surface area contributed by atoms with Crippen LogP contribution in [0, 0.1) is 25.5 Å². The summed E-state index contributed by atoms with van der Waals surface area (Å²) in [5.74, 6) is 1.50. The third-order valence-electron chi connectivity index (χ3n) is 13.0. The van der Waals surface area contributed by atoms with Gasteiger partial charge in [0.05, 0.1) is 11.4 Å². The number of nitrogens with zero attached hydrogens (tertiary/aromatic N) is 9. The van der Waals surface area contributed by atoms with Crippen LogP contribution in [-0.2, 0) is 35.6 Å². The third-order valence-corrected chi connectivity index (χ3v) is 13.2. The number of alkyl halides is 1. The Morgan fingerprint density at radius 2 is 1.24 bits per heavy atom. The van der Waals surface area contributed by atoms with Crippen LogP contribution in [0.15, 0.2) is 65.3 Å². The Morgan fingerprint density at radius 3 is 1.68 bits per heavy atom. The molecule has 24 heteroatoms. The number of carbonyl (C=O) groups is 1. The average molecular weight is 1040 g/mol. The number of carbonyl (C=O) groups excluding carboxylic acids is 1. The summed E-state index contributed by atoms with van der Waals surface area (Å²) in [6.45, 7) is 9.31. The fraction of sp³-hybridized carbons (Fsp3) is 0.468. The second-order valence-corrected chi connectivity index (χ2v) is 17.5. The van der Waals surface area contributed by atoms with E-state index >= 15 is 0 Å². The van der Waals surface area contributed by atoms with Crippen molar-refractivity contribution < 1.29 is 72.7 Å². The van der Waals surface area contributed by atoms with Crippen LogP contribution in [0.1, 0.15) is 109 Å². The van der Waals surface area contributed by atoms with E-state index in [2.05, 4.69) is 45.7 Å². The molecule has 2 aromatic carbocycles. The first-order valence-electron chi connectivity index (χ1n) is 22.9. The summed E-state index contributed by atoms with van der Waals surface area (Å²) in [5.41, 5.74) is 6.58. The van der Waals surface area contributed by atoms with Crippen LogP contribution in [0.4, 0.5) is 8.78 Å². The molecule has 10 rings (SSSR count). The van der Waals surface area contributed by atoms with Crippen LogP contribution in [-0.4, -0.2) is 101 Å². The molecule has 0 bridgehead atoms.